The number of hydrogen-bond acceptors (Lipinski definition) is 4. The third-order valence-electron chi connectivity index (χ3n) is 2.68. The zero-order valence-electron chi connectivity index (χ0n) is 9.86. The summed E-state index contributed by atoms with van der Waals surface area (Å²) in [6, 6.07) is 6.08. The Morgan fingerprint density at radius 1 is 1.10 bits per heavy atom. The van der Waals surface area contributed by atoms with E-state index >= 15 is 0 Å². The first kappa shape index (κ1) is 12.7. The summed E-state index contributed by atoms with van der Waals surface area (Å²) in [4.78, 5) is 0. The topological polar surface area (TPSA) is 65.2 Å². The van der Waals surface area contributed by atoms with E-state index in [1.165, 1.54) is 6.07 Å². The fourth-order valence-electron chi connectivity index (χ4n) is 1.89. The molecule has 0 radical (unpaired) electrons. The van der Waals surface area contributed by atoms with Crippen molar-refractivity contribution in [2.75, 3.05) is 5.73 Å². The molecule has 0 spiro atoms. The van der Waals surface area contributed by atoms with Gasteiger partial charge < -0.3 is 14.7 Å². The van der Waals surface area contributed by atoms with Crippen molar-refractivity contribution in [1.29, 1.82) is 0 Å². The van der Waals surface area contributed by atoms with Crippen LogP contribution in [0.1, 0.15) is 0 Å². The van der Waals surface area contributed by atoms with Gasteiger partial charge in [0.1, 0.15) is 11.6 Å². The Kier molecular flexibility index (Phi) is 2.94. The average molecular weight is 297 g/mol. The lowest BCUT2D eigenvalue weighted by atomic mass is 10.0. The minimum absolute atomic E-state index is 0.0717. The molecule has 7 heteroatoms. The van der Waals surface area contributed by atoms with Gasteiger partial charge in [-0.2, -0.15) is 0 Å². The van der Waals surface area contributed by atoms with Crippen molar-refractivity contribution in [1.82, 2.24) is 5.16 Å². The van der Waals surface area contributed by atoms with Gasteiger partial charge in [0.2, 0.25) is 5.88 Å². The molecule has 0 aliphatic heterocycles. The molecule has 0 amide bonds. The number of halogens is 3. The van der Waals surface area contributed by atoms with Crippen molar-refractivity contribution in [2.45, 2.75) is 0 Å². The Labute approximate surface area is 116 Å². The molecule has 0 aliphatic carbocycles. The molecule has 3 aromatic rings. The predicted molar refractivity (Wildman–Crippen MR) is 69.0 cm³/mol. The molecular formula is C13H7ClF2N2O2. The predicted octanol–water partition coefficient (Wildman–Crippen LogP) is 4.12. The summed E-state index contributed by atoms with van der Waals surface area (Å²) in [7, 11) is 0. The standard InChI is InChI=1S/C13H7ClF2N2O2/c14-10-2-1-9(19-10)12-11(13(17)20-18-12)6-3-7(15)5-8(16)4-6/h1-5H,17H2. The van der Waals surface area contributed by atoms with Crippen LogP contribution in [0.5, 0.6) is 0 Å². The normalized spacial score (nSPS) is 10.9. The summed E-state index contributed by atoms with van der Waals surface area (Å²) in [5, 5.41) is 3.89. The maximum Gasteiger partial charge on any atom is 0.230 e. The first-order valence-corrected chi connectivity index (χ1v) is 5.89. The largest absolute Gasteiger partial charge is 0.443 e. The number of benzene rings is 1. The van der Waals surface area contributed by atoms with Gasteiger partial charge in [-0.15, -0.1) is 0 Å². The monoisotopic (exact) mass is 296 g/mol. The van der Waals surface area contributed by atoms with Crippen molar-refractivity contribution in [3.05, 3.63) is 47.2 Å². The number of anilines is 1. The lowest BCUT2D eigenvalue weighted by Gasteiger charge is -2.02. The van der Waals surface area contributed by atoms with Gasteiger partial charge in [0.15, 0.2) is 16.7 Å². The number of nitrogen functional groups attached to an aromatic ring is 1. The van der Waals surface area contributed by atoms with E-state index in [2.05, 4.69) is 5.16 Å². The first-order valence-electron chi connectivity index (χ1n) is 5.52. The second-order valence-electron chi connectivity index (χ2n) is 4.03. The van der Waals surface area contributed by atoms with E-state index < -0.39 is 11.6 Å². The highest BCUT2D eigenvalue weighted by molar-refractivity contribution is 6.29. The summed E-state index contributed by atoms with van der Waals surface area (Å²) in [6.07, 6.45) is 0. The van der Waals surface area contributed by atoms with Crippen LogP contribution in [0.25, 0.3) is 22.6 Å². The van der Waals surface area contributed by atoms with Crippen LogP contribution in [0.2, 0.25) is 5.22 Å². The zero-order chi connectivity index (χ0) is 14.3. The quantitative estimate of drug-likeness (QED) is 0.772. The number of nitrogens with zero attached hydrogens (tertiary/aromatic N) is 1. The fraction of sp³-hybridized carbons (Fsp3) is 0. The van der Waals surface area contributed by atoms with Gasteiger partial charge in [-0.25, -0.2) is 8.78 Å². The molecule has 20 heavy (non-hydrogen) atoms. The molecule has 0 atom stereocenters. The average Bonchev–Trinajstić information content (AvgIpc) is 2.94. The van der Waals surface area contributed by atoms with E-state index in [0.717, 1.165) is 18.2 Å². The van der Waals surface area contributed by atoms with Crippen LogP contribution >= 0.6 is 11.6 Å². The molecule has 0 fully saturated rings. The summed E-state index contributed by atoms with van der Waals surface area (Å²) >= 11 is 5.69. The maximum atomic E-state index is 13.3. The Bertz CT molecular complexity index is 762. The van der Waals surface area contributed by atoms with E-state index in [1.54, 1.807) is 6.07 Å². The van der Waals surface area contributed by atoms with E-state index in [1.807, 2.05) is 0 Å². The number of hydrogen-bond donors (Lipinski definition) is 1. The van der Waals surface area contributed by atoms with Crippen LogP contribution in [0.3, 0.4) is 0 Å². The summed E-state index contributed by atoms with van der Waals surface area (Å²) in [5.41, 5.74) is 6.33. The zero-order valence-corrected chi connectivity index (χ0v) is 10.6. The number of rotatable bonds is 2. The molecule has 0 saturated heterocycles. The lowest BCUT2D eigenvalue weighted by molar-refractivity contribution is 0.436. The van der Waals surface area contributed by atoms with E-state index in [9.17, 15) is 8.78 Å². The van der Waals surface area contributed by atoms with Crippen LogP contribution < -0.4 is 5.73 Å². The minimum Gasteiger partial charge on any atom is -0.443 e. The molecule has 1 aromatic carbocycles. The highest BCUT2D eigenvalue weighted by Crippen LogP contribution is 2.37. The van der Waals surface area contributed by atoms with Crippen molar-refractivity contribution in [3.8, 4) is 22.6 Å². The van der Waals surface area contributed by atoms with Gasteiger partial charge in [-0.3, -0.25) is 0 Å². The van der Waals surface area contributed by atoms with Gasteiger partial charge in [0.25, 0.3) is 0 Å². The molecular weight excluding hydrogens is 290 g/mol. The molecule has 0 aliphatic rings. The second-order valence-corrected chi connectivity index (χ2v) is 4.40. The molecule has 3 rings (SSSR count). The van der Waals surface area contributed by atoms with Crippen LogP contribution in [0.15, 0.2) is 39.3 Å². The molecule has 2 heterocycles. The smallest absolute Gasteiger partial charge is 0.230 e. The van der Waals surface area contributed by atoms with Crippen LogP contribution in [-0.2, 0) is 0 Å². The third kappa shape index (κ3) is 2.14. The first-order chi connectivity index (χ1) is 9.54. The minimum atomic E-state index is -0.732. The Morgan fingerprint density at radius 2 is 1.80 bits per heavy atom. The van der Waals surface area contributed by atoms with Crippen LogP contribution in [-0.4, -0.2) is 5.16 Å². The van der Waals surface area contributed by atoms with Crippen molar-refractivity contribution >= 4 is 17.5 Å². The molecule has 2 N–H and O–H groups in total. The Morgan fingerprint density at radius 3 is 2.40 bits per heavy atom. The van der Waals surface area contributed by atoms with E-state index in [4.69, 9.17) is 26.3 Å². The SMILES string of the molecule is Nc1onc(-c2ccc(Cl)o2)c1-c1cc(F)cc(F)c1. The van der Waals surface area contributed by atoms with Gasteiger partial charge in [0.05, 0.1) is 5.56 Å². The van der Waals surface area contributed by atoms with Crippen LogP contribution in [0, 0.1) is 11.6 Å². The van der Waals surface area contributed by atoms with Gasteiger partial charge in [-0.1, -0.05) is 5.16 Å². The van der Waals surface area contributed by atoms with Gasteiger partial charge in [0, 0.05) is 6.07 Å². The molecule has 0 saturated carbocycles. The molecule has 0 unspecified atom stereocenters. The molecule has 4 nitrogen and oxygen atoms in total. The Balaban J connectivity index is 2.21. The number of nitrogens with two attached hydrogens (primary N) is 1. The van der Waals surface area contributed by atoms with Crippen molar-refractivity contribution in [3.63, 3.8) is 0 Å². The van der Waals surface area contributed by atoms with Crippen LogP contribution in [0.4, 0.5) is 14.7 Å². The van der Waals surface area contributed by atoms with Gasteiger partial charge >= 0.3 is 0 Å². The van der Waals surface area contributed by atoms with Gasteiger partial charge in [-0.05, 0) is 41.4 Å². The second kappa shape index (κ2) is 4.64. The lowest BCUT2D eigenvalue weighted by Crippen LogP contribution is -1.89. The summed E-state index contributed by atoms with van der Waals surface area (Å²) in [5.74, 6) is -1.25. The Hall–Kier alpha value is -2.34. The van der Waals surface area contributed by atoms with E-state index in [0.29, 0.717) is 0 Å². The third-order valence-corrected chi connectivity index (χ3v) is 2.88. The van der Waals surface area contributed by atoms with E-state index in [-0.39, 0.29) is 33.7 Å². The van der Waals surface area contributed by atoms with Crippen molar-refractivity contribution < 1.29 is 17.7 Å². The highest BCUT2D eigenvalue weighted by atomic mass is 35.5. The number of aromatic nitrogens is 1. The number of furan rings is 1. The molecule has 0 bridgehead atoms. The maximum absolute atomic E-state index is 13.3. The molecule has 102 valence electrons. The summed E-state index contributed by atoms with van der Waals surface area (Å²) < 4.78 is 36.7. The fourth-order valence-corrected chi connectivity index (χ4v) is 2.04. The van der Waals surface area contributed by atoms with Crippen molar-refractivity contribution in [2.24, 2.45) is 0 Å². The highest BCUT2D eigenvalue weighted by Gasteiger charge is 2.21. The molecule has 2 aromatic heterocycles. The summed E-state index contributed by atoms with van der Waals surface area (Å²) in [6.45, 7) is 0.